The molecule has 1 unspecified atom stereocenters. The van der Waals surface area contributed by atoms with Crippen molar-refractivity contribution in [3.63, 3.8) is 0 Å². The third-order valence-corrected chi connectivity index (χ3v) is 4.64. The third kappa shape index (κ3) is 2.72. The number of fused-ring (bicyclic) bond motifs is 1. The third-order valence-electron chi connectivity index (χ3n) is 4.64. The van der Waals surface area contributed by atoms with Crippen LogP contribution in [0.3, 0.4) is 0 Å². The van der Waals surface area contributed by atoms with E-state index >= 15 is 0 Å². The number of ether oxygens (including phenoxy) is 1. The van der Waals surface area contributed by atoms with Crippen LogP contribution in [0.2, 0.25) is 0 Å². The van der Waals surface area contributed by atoms with Crippen molar-refractivity contribution in [3.8, 4) is 0 Å². The minimum Gasteiger partial charge on any atom is -0.381 e. The Morgan fingerprint density at radius 2 is 1.96 bits per heavy atom. The molecule has 2 saturated heterocycles. The Hall–Kier alpha value is -2.28. The number of hydrogen-bond acceptors (Lipinski definition) is 4. The molecule has 7 nitrogen and oxygen atoms in total. The van der Waals surface area contributed by atoms with Gasteiger partial charge in [-0.3, -0.25) is 4.79 Å². The summed E-state index contributed by atoms with van der Waals surface area (Å²) in [5.74, 6) is -0.109. The van der Waals surface area contributed by atoms with Crippen LogP contribution in [-0.4, -0.2) is 42.2 Å². The number of imidazole rings is 1. The van der Waals surface area contributed by atoms with Crippen molar-refractivity contribution in [2.75, 3.05) is 36.5 Å². The van der Waals surface area contributed by atoms with Crippen molar-refractivity contribution < 1.29 is 9.53 Å². The topological polar surface area (TPSA) is 90.2 Å². The molecule has 2 aliphatic rings. The van der Waals surface area contributed by atoms with Crippen molar-refractivity contribution in [1.82, 2.24) is 9.97 Å². The van der Waals surface area contributed by atoms with E-state index in [1.54, 1.807) is 0 Å². The van der Waals surface area contributed by atoms with Gasteiger partial charge in [-0.25, -0.2) is 4.79 Å². The average Bonchev–Trinajstić information content (AvgIpc) is 3.27. The smallest absolute Gasteiger partial charge is 0.323 e. The molecule has 4 rings (SSSR count). The summed E-state index contributed by atoms with van der Waals surface area (Å²) in [5, 5.41) is 3.03. The molecule has 23 heavy (non-hydrogen) atoms. The lowest BCUT2D eigenvalue weighted by molar-refractivity contribution is -0.119. The number of nitrogens with zero attached hydrogens (tertiary/aromatic N) is 1. The molecule has 0 spiro atoms. The van der Waals surface area contributed by atoms with Gasteiger partial charge in [0, 0.05) is 19.7 Å². The van der Waals surface area contributed by atoms with E-state index in [0.717, 1.165) is 49.2 Å². The van der Waals surface area contributed by atoms with E-state index in [4.69, 9.17) is 4.74 Å². The zero-order valence-electron chi connectivity index (χ0n) is 12.9. The maximum atomic E-state index is 12.4. The highest BCUT2D eigenvalue weighted by molar-refractivity contribution is 5.99. The monoisotopic (exact) mass is 316 g/mol. The molecule has 1 atom stereocenters. The Morgan fingerprint density at radius 3 is 2.65 bits per heavy atom. The van der Waals surface area contributed by atoms with E-state index < -0.39 is 0 Å². The first-order valence-corrected chi connectivity index (χ1v) is 8.10. The largest absolute Gasteiger partial charge is 0.381 e. The normalized spacial score (nSPS) is 21.2. The van der Waals surface area contributed by atoms with Crippen molar-refractivity contribution in [2.45, 2.75) is 19.3 Å². The van der Waals surface area contributed by atoms with Crippen LogP contribution in [0.15, 0.2) is 16.9 Å². The number of rotatable bonds is 3. The zero-order valence-corrected chi connectivity index (χ0v) is 12.9. The van der Waals surface area contributed by atoms with Crippen LogP contribution >= 0.6 is 0 Å². The minimum atomic E-state index is -0.236. The molecule has 2 fully saturated rings. The molecule has 1 aromatic heterocycles. The Morgan fingerprint density at radius 1 is 1.22 bits per heavy atom. The first-order chi connectivity index (χ1) is 11.2. The molecule has 0 saturated carbocycles. The highest BCUT2D eigenvalue weighted by Gasteiger charge is 2.25. The molecule has 122 valence electrons. The first-order valence-electron chi connectivity index (χ1n) is 8.10. The van der Waals surface area contributed by atoms with Crippen LogP contribution in [0.1, 0.15) is 19.3 Å². The Bertz CT molecular complexity index is 782. The predicted octanol–water partition coefficient (Wildman–Crippen LogP) is 1.43. The number of hydrogen-bond donors (Lipinski definition) is 3. The van der Waals surface area contributed by atoms with Crippen LogP contribution in [0, 0.1) is 5.92 Å². The van der Waals surface area contributed by atoms with Gasteiger partial charge in [-0.1, -0.05) is 0 Å². The van der Waals surface area contributed by atoms with Crippen LogP contribution in [-0.2, 0) is 9.53 Å². The summed E-state index contributed by atoms with van der Waals surface area (Å²) in [6.45, 7) is 3.06. The fourth-order valence-electron chi connectivity index (χ4n) is 3.37. The maximum absolute atomic E-state index is 12.4. The Kier molecular flexibility index (Phi) is 3.57. The molecule has 2 aromatic rings. The second kappa shape index (κ2) is 5.73. The number of anilines is 2. The molecule has 0 aliphatic carbocycles. The van der Waals surface area contributed by atoms with E-state index in [9.17, 15) is 9.59 Å². The zero-order chi connectivity index (χ0) is 15.8. The Balaban J connectivity index is 1.71. The van der Waals surface area contributed by atoms with Crippen molar-refractivity contribution in [1.29, 1.82) is 0 Å². The number of aromatic nitrogens is 2. The standard InChI is InChI=1S/C16H20N4O3/c21-15(10-3-6-23-9-10)17-13-7-11-12(19-16(22)18-11)8-14(13)20-4-1-2-5-20/h7-8,10H,1-6,9H2,(H,17,21)(H2,18,19,22). The molecular formula is C16H20N4O3. The van der Waals surface area contributed by atoms with Crippen LogP contribution < -0.4 is 15.9 Å². The number of benzene rings is 1. The lowest BCUT2D eigenvalue weighted by atomic mass is 10.1. The lowest BCUT2D eigenvalue weighted by Crippen LogP contribution is -2.25. The molecular weight excluding hydrogens is 296 g/mol. The molecule has 3 N–H and O–H groups in total. The number of H-pyrrole nitrogens is 2. The summed E-state index contributed by atoms with van der Waals surface area (Å²) in [6.07, 6.45) is 3.05. The number of carbonyl (C=O) groups is 1. The van der Waals surface area contributed by atoms with Gasteiger partial charge in [0.15, 0.2) is 0 Å². The van der Waals surface area contributed by atoms with Crippen LogP contribution in [0.5, 0.6) is 0 Å². The fraction of sp³-hybridized carbons (Fsp3) is 0.500. The predicted molar refractivity (Wildman–Crippen MR) is 87.9 cm³/mol. The summed E-state index contributed by atoms with van der Waals surface area (Å²) in [5.41, 5.74) is 2.96. The van der Waals surface area contributed by atoms with Gasteiger partial charge in [-0.2, -0.15) is 0 Å². The molecule has 1 amide bonds. The highest BCUT2D eigenvalue weighted by Crippen LogP contribution is 2.32. The number of nitrogens with one attached hydrogen (secondary N) is 3. The average molecular weight is 316 g/mol. The van der Waals surface area contributed by atoms with E-state index in [1.807, 2.05) is 12.1 Å². The van der Waals surface area contributed by atoms with Gasteiger partial charge < -0.3 is 24.9 Å². The second-order valence-electron chi connectivity index (χ2n) is 6.24. The van der Waals surface area contributed by atoms with Crippen LogP contribution in [0.4, 0.5) is 11.4 Å². The SMILES string of the molecule is O=C(Nc1cc2[nH]c(=O)[nH]c2cc1N1CCCC1)C1CCOC1. The molecule has 1 aromatic carbocycles. The first kappa shape index (κ1) is 14.3. The molecule has 3 heterocycles. The number of amides is 1. The van der Waals surface area contributed by atoms with Gasteiger partial charge in [0.25, 0.3) is 0 Å². The molecule has 0 radical (unpaired) electrons. The summed E-state index contributed by atoms with van der Waals surface area (Å²) in [7, 11) is 0. The number of aromatic amines is 2. The molecule has 0 bridgehead atoms. The minimum absolute atomic E-state index is 0.0137. The van der Waals surface area contributed by atoms with Crippen molar-refractivity contribution >= 4 is 28.3 Å². The summed E-state index contributed by atoms with van der Waals surface area (Å²) in [6, 6.07) is 3.79. The number of carbonyl (C=O) groups excluding carboxylic acids is 1. The molecule has 7 heteroatoms. The van der Waals surface area contributed by atoms with E-state index in [0.29, 0.717) is 18.7 Å². The quantitative estimate of drug-likeness (QED) is 0.799. The lowest BCUT2D eigenvalue weighted by Gasteiger charge is -2.22. The second-order valence-corrected chi connectivity index (χ2v) is 6.24. The van der Waals surface area contributed by atoms with Gasteiger partial charge in [-0.05, 0) is 31.4 Å². The van der Waals surface area contributed by atoms with Gasteiger partial charge in [-0.15, -0.1) is 0 Å². The van der Waals surface area contributed by atoms with Gasteiger partial charge >= 0.3 is 5.69 Å². The van der Waals surface area contributed by atoms with Crippen molar-refractivity contribution in [2.24, 2.45) is 5.92 Å². The maximum Gasteiger partial charge on any atom is 0.323 e. The van der Waals surface area contributed by atoms with E-state index in [-0.39, 0.29) is 17.5 Å². The fourth-order valence-corrected chi connectivity index (χ4v) is 3.37. The van der Waals surface area contributed by atoms with Gasteiger partial charge in [0.05, 0.1) is 34.9 Å². The van der Waals surface area contributed by atoms with E-state index in [1.165, 1.54) is 0 Å². The summed E-state index contributed by atoms with van der Waals surface area (Å²) >= 11 is 0. The van der Waals surface area contributed by atoms with Gasteiger partial charge in [0.1, 0.15) is 0 Å². The summed E-state index contributed by atoms with van der Waals surface area (Å²) in [4.78, 5) is 31.8. The van der Waals surface area contributed by atoms with Crippen molar-refractivity contribution in [3.05, 3.63) is 22.6 Å². The summed E-state index contributed by atoms with van der Waals surface area (Å²) < 4.78 is 5.30. The van der Waals surface area contributed by atoms with Gasteiger partial charge in [0.2, 0.25) is 5.91 Å². The Labute approximate surface area is 133 Å². The highest BCUT2D eigenvalue weighted by atomic mass is 16.5. The van der Waals surface area contributed by atoms with Crippen LogP contribution in [0.25, 0.3) is 11.0 Å². The van der Waals surface area contributed by atoms with E-state index in [2.05, 4.69) is 20.2 Å². The molecule has 2 aliphatic heterocycles.